The highest BCUT2D eigenvalue weighted by Gasteiger charge is 2.23. The van der Waals surface area contributed by atoms with Gasteiger partial charge in [-0.3, -0.25) is 0 Å². The topological polar surface area (TPSA) is 54.2 Å². The van der Waals surface area contributed by atoms with Crippen LogP contribution in [0.4, 0.5) is 17.2 Å². The van der Waals surface area contributed by atoms with Crippen LogP contribution in [0.25, 0.3) is 0 Å². The highest BCUT2D eigenvalue weighted by atomic mass is 35.5. The lowest BCUT2D eigenvalue weighted by atomic mass is 9.89. The van der Waals surface area contributed by atoms with Gasteiger partial charge in [-0.05, 0) is 31.1 Å². The zero-order valence-electron chi connectivity index (χ0n) is 12.6. The molecule has 2 rings (SSSR count). The van der Waals surface area contributed by atoms with Crippen molar-refractivity contribution < 1.29 is 0 Å². The van der Waals surface area contributed by atoms with Crippen LogP contribution in [-0.2, 0) is 0 Å². The van der Waals surface area contributed by atoms with E-state index in [0.29, 0.717) is 16.7 Å². The van der Waals surface area contributed by atoms with Crippen LogP contribution in [0.2, 0.25) is 5.15 Å². The van der Waals surface area contributed by atoms with E-state index in [1.807, 2.05) is 13.1 Å². The van der Waals surface area contributed by atoms with Crippen molar-refractivity contribution in [1.82, 2.24) is 4.98 Å². The first kappa shape index (κ1) is 15.2. The Morgan fingerprint density at radius 2 is 2.30 bits per heavy atom. The average molecular weight is 297 g/mol. The summed E-state index contributed by atoms with van der Waals surface area (Å²) in [6, 6.07) is 1.88. The molecule has 0 aliphatic carbocycles. The molecule has 1 aromatic heterocycles. The Kier molecular flexibility index (Phi) is 4.97. The zero-order chi connectivity index (χ0) is 14.7. The molecule has 2 heterocycles. The molecular weight excluding hydrogens is 272 g/mol. The van der Waals surface area contributed by atoms with Gasteiger partial charge in [0.1, 0.15) is 5.15 Å². The smallest absolute Gasteiger partial charge is 0.152 e. The van der Waals surface area contributed by atoms with Crippen molar-refractivity contribution in [2.75, 3.05) is 36.1 Å². The van der Waals surface area contributed by atoms with Crippen molar-refractivity contribution in [1.29, 1.82) is 0 Å². The SMILES string of the molecule is CNc1nc(Cl)cc(N2CCCC(CC(C)C)C2)c1N. The van der Waals surface area contributed by atoms with Crippen molar-refractivity contribution in [2.24, 2.45) is 11.8 Å². The minimum atomic E-state index is 0.490. The van der Waals surface area contributed by atoms with Crippen molar-refractivity contribution in [3.8, 4) is 0 Å². The van der Waals surface area contributed by atoms with Crippen molar-refractivity contribution >= 4 is 28.8 Å². The number of hydrogen-bond acceptors (Lipinski definition) is 4. The van der Waals surface area contributed by atoms with E-state index in [-0.39, 0.29) is 0 Å². The van der Waals surface area contributed by atoms with E-state index in [1.165, 1.54) is 19.3 Å². The molecule has 0 radical (unpaired) electrons. The summed E-state index contributed by atoms with van der Waals surface area (Å²) >= 11 is 6.11. The summed E-state index contributed by atoms with van der Waals surface area (Å²) in [4.78, 5) is 6.58. The fourth-order valence-corrected chi connectivity index (χ4v) is 3.29. The van der Waals surface area contributed by atoms with Gasteiger partial charge in [-0.25, -0.2) is 4.98 Å². The number of anilines is 3. The fraction of sp³-hybridized carbons (Fsp3) is 0.667. The maximum atomic E-state index is 6.21. The second-order valence-electron chi connectivity index (χ2n) is 6.06. The molecule has 0 bridgehead atoms. The third-order valence-electron chi connectivity index (χ3n) is 3.91. The molecule has 1 aliphatic heterocycles. The first-order valence-electron chi connectivity index (χ1n) is 7.40. The molecule has 0 amide bonds. The van der Waals surface area contributed by atoms with Crippen molar-refractivity contribution in [3.05, 3.63) is 11.2 Å². The Labute approximate surface area is 126 Å². The van der Waals surface area contributed by atoms with Crippen molar-refractivity contribution in [2.45, 2.75) is 33.1 Å². The molecule has 5 heteroatoms. The summed E-state index contributed by atoms with van der Waals surface area (Å²) < 4.78 is 0. The van der Waals surface area contributed by atoms with Gasteiger partial charge < -0.3 is 16.0 Å². The van der Waals surface area contributed by atoms with E-state index in [2.05, 4.69) is 29.0 Å². The molecule has 4 nitrogen and oxygen atoms in total. The zero-order valence-corrected chi connectivity index (χ0v) is 13.4. The number of halogens is 1. The highest BCUT2D eigenvalue weighted by Crippen LogP contribution is 2.35. The number of nitrogen functional groups attached to an aromatic ring is 1. The van der Waals surface area contributed by atoms with Gasteiger partial charge in [0.2, 0.25) is 0 Å². The maximum Gasteiger partial charge on any atom is 0.152 e. The van der Waals surface area contributed by atoms with E-state index < -0.39 is 0 Å². The van der Waals surface area contributed by atoms with Gasteiger partial charge in [0.25, 0.3) is 0 Å². The number of piperidine rings is 1. The number of rotatable bonds is 4. The molecule has 0 saturated carbocycles. The maximum absolute atomic E-state index is 6.21. The van der Waals surface area contributed by atoms with Gasteiger partial charge in [0.05, 0.1) is 11.4 Å². The third-order valence-corrected chi connectivity index (χ3v) is 4.10. The Morgan fingerprint density at radius 1 is 1.55 bits per heavy atom. The van der Waals surface area contributed by atoms with Gasteiger partial charge in [0, 0.05) is 26.2 Å². The van der Waals surface area contributed by atoms with Gasteiger partial charge in [-0.2, -0.15) is 0 Å². The number of nitrogens with two attached hydrogens (primary N) is 1. The lowest BCUT2D eigenvalue weighted by molar-refractivity contribution is 0.347. The van der Waals surface area contributed by atoms with Crippen molar-refractivity contribution in [3.63, 3.8) is 0 Å². The largest absolute Gasteiger partial charge is 0.394 e. The summed E-state index contributed by atoms with van der Waals surface area (Å²) in [5.74, 6) is 2.15. The number of hydrogen-bond donors (Lipinski definition) is 2. The van der Waals surface area contributed by atoms with Gasteiger partial charge in [-0.1, -0.05) is 25.4 Å². The molecule has 0 aromatic carbocycles. The summed E-state index contributed by atoms with van der Waals surface area (Å²) in [5, 5.41) is 3.50. The van der Waals surface area contributed by atoms with Crippen LogP contribution in [0, 0.1) is 11.8 Å². The van der Waals surface area contributed by atoms with Crippen LogP contribution in [-0.4, -0.2) is 25.1 Å². The summed E-state index contributed by atoms with van der Waals surface area (Å²) in [5.41, 5.74) is 7.93. The van der Waals surface area contributed by atoms with E-state index in [0.717, 1.165) is 30.6 Å². The predicted molar refractivity (Wildman–Crippen MR) is 87.6 cm³/mol. The average Bonchev–Trinajstić information content (AvgIpc) is 2.40. The Balaban J connectivity index is 2.20. The molecule has 112 valence electrons. The van der Waals surface area contributed by atoms with Crippen LogP contribution < -0.4 is 16.0 Å². The van der Waals surface area contributed by atoms with Gasteiger partial charge in [-0.15, -0.1) is 0 Å². The molecule has 1 aliphatic rings. The Bertz CT molecular complexity index is 461. The van der Waals surface area contributed by atoms with Crippen LogP contribution in [0.3, 0.4) is 0 Å². The molecule has 3 N–H and O–H groups in total. The lowest BCUT2D eigenvalue weighted by Gasteiger charge is -2.36. The molecule has 1 atom stereocenters. The quantitative estimate of drug-likeness (QED) is 0.833. The van der Waals surface area contributed by atoms with Crippen LogP contribution >= 0.6 is 11.6 Å². The second-order valence-corrected chi connectivity index (χ2v) is 6.45. The first-order valence-corrected chi connectivity index (χ1v) is 7.77. The minimum Gasteiger partial charge on any atom is -0.394 e. The molecule has 1 saturated heterocycles. The first-order chi connectivity index (χ1) is 9.51. The van der Waals surface area contributed by atoms with E-state index in [1.54, 1.807) is 0 Å². The number of aromatic nitrogens is 1. The van der Waals surface area contributed by atoms with E-state index in [4.69, 9.17) is 17.3 Å². The standard InChI is InChI=1S/C15H25ClN4/c1-10(2)7-11-5-4-6-20(9-11)12-8-13(16)19-15(18-3)14(12)17/h8,10-11H,4-7,9,17H2,1-3H3,(H,18,19). The fourth-order valence-electron chi connectivity index (χ4n) is 3.11. The minimum absolute atomic E-state index is 0.490. The lowest BCUT2D eigenvalue weighted by Crippen LogP contribution is -2.36. The van der Waals surface area contributed by atoms with Crippen LogP contribution in [0.1, 0.15) is 33.1 Å². The summed E-state index contributed by atoms with van der Waals surface area (Å²) in [6.07, 6.45) is 3.80. The third kappa shape index (κ3) is 3.48. The van der Waals surface area contributed by atoms with E-state index in [9.17, 15) is 0 Å². The normalized spacial score (nSPS) is 19.4. The van der Waals surface area contributed by atoms with Gasteiger partial charge >= 0.3 is 0 Å². The monoisotopic (exact) mass is 296 g/mol. The summed E-state index contributed by atoms with van der Waals surface area (Å²) in [6.45, 7) is 6.68. The molecule has 1 fully saturated rings. The molecule has 20 heavy (non-hydrogen) atoms. The molecule has 0 spiro atoms. The molecular formula is C15H25ClN4. The Hall–Kier alpha value is -1.16. The summed E-state index contributed by atoms with van der Waals surface area (Å²) in [7, 11) is 1.82. The second kappa shape index (κ2) is 6.53. The molecule has 1 aromatic rings. The van der Waals surface area contributed by atoms with E-state index >= 15 is 0 Å². The predicted octanol–water partition coefficient (Wildman–Crippen LogP) is 3.62. The number of nitrogens with zero attached hydrogens (tertiary/aromatic N) is 2. The Morgan fingerprint density at radius 3 is 2.95 bits per heavy atom. The van der Waals surface area contributed by atoms with Gasteiger partial charge in [0.15, 0.2) is 5.82 Å². The number of nitrogens with one attached hydrogen (secondary N) is 1. The van der Waals surface area contributed by atoms with Crippen LogP contribution in [0.15, 0.2) is 6.07 Å². The van der Waals surface area contributed by atoms with Crippen LogP contribution in [0.5, 0.6) is 0 Å². The highest BCUT2D eigenvalue weighted by molar-refractivity contribution is 6.30. The molecule has 1 unspecified atom stereocenters. The number of pyridine rings is 1.